The van der Waals surface area contributed by atoms with Gasteiger partial charge in [-0.25, -0.2) is 9.48 Å². The number of methoxy groups -OCH3 is 1. The van der Waals surface area contributed by atoms with Gasteiger partial charge in [0.05, 0.1) is 7.11 Å². The van der Waals surface area contributed by atoms with Gasteiger partial charge >= 0.3 is 12.1 Å². The fraction of sp³-hybridized carbons (Fsp3) is 0.550. The molecule has 0 spiro atoms. The second-order valence-electron chi connectivity index (χ2n) is 8.97. The van der Waals surface area contributed by atoms with Crippen LogP contribution in [0.25, 0.3) is 0 Å². The molecule has 0 radical (unpaired) electrons. The van der Waals surface area contributed by atoms with Crippen LogP contribution in [0.4, 0.5) is 13.2 Å². The molecular formula is C20H28BF3N2O4SSi. The van der Waals surface area contributed by atoms with E-state index in [1.165, 1.54) is 18.4 Å². The lowest BCUT2D eigenvalue weighted by Crippen LogP contribution is -2.41. The molecule has 176 valence electrons. The Morgan fingerprint density at radius 1 is 1.31 bits per heavy atom. The zero-order chi connectivity index (χ0) is 24.1. The number of esters is 1. The van der Waals surface area contributed by atoms with Gasteiger partial charge in [-0.3, -0.25) is 4.79 Å². The Balaban J connectivity index is 2.15. The van der Waals surface area contributed by atoms with Crippen LogP contribution in [0.5, 0.6) is 0 Å². The van der Waals surface area contributed by atoms with Gasteiger partial charge in [0.2, 0.25) is 0 Å². The molecule has 2 aromatic heterocycles. The predicted molar refractivity (Wildman–Crippen MR) is 123 cm³/mol. The topological polar surface area (TPSA) is 70.4 Å². The Morgan fingerprint density at radius 2 is 2.00 bits per heavy atom. The van der Waals surface area contributed by atoms with Crippen LogP contribution in [0, 0.1) is 0 Å². The van der Waals surface area contributed by atoms with Crippen molar-refractivity contribution in [1.82, 2.24) is 9.78 Å². The van der Waals surface area contributed by atoms with E-state index in [4.69, 9.17) is 4.74 Å². The largest absolute Gasteiger partial charge is 0.465 e. The van der Waals surface area contributed by atoms with Crippen molar-refractivity contribution in [2.75, 3.05) is 13.7 Å². The van der Waals surface area contributed by atoms with Crippen LogP contribution >= 0.6 is 11.3 Å². The third kappa shape index (κ3) is 7.59. The van der Waals surface area contributed by atoms with Crippen LogP contribution in [0.1, 0.15) is 27.0 Å². The van der Waals surface area contributed by atoms with Crippen molar-refractivity contribution in [3.8, 4) is 0 Å². The third-order valence-electron chi connectivity index (χ3n) is 4.78. The number of carbonyl (C=O) groups excluding carboxylic acids is 1. The highest BCUT2D eigenvalue weighted by molar-refractivity contribution is 7.14. The van der Waals surface area contributed by atoms with Crippen LogP contribution in [-0.4, -0.2) is 44.8 Å². The highest BCUT2D eigenvalue weighted by Crippen LogP contribution is 2.26. The maximum atomic E-state index is 13.7. The van der Waals surface area contributed by atoms with Crippen molar-refractivity contribution in [1.29, 1.82) is 0 Å². The quantitative estimate of drug-likeness (QED) is 0.291. The molecule has 0 aliphatic carbocycles. The molecule has 2 rings (SSSR count). The van der Waals surface area contributed by atoms with Gasteiger partial charge in [0.15, 0.2) is 7.28 Å². The number of aromatic nitrogens is 2. The van der Waals surface area contributed by atoms with E-state index in [-0.39, 0.29) is 25.3 Å². The van der Waals surface area contributed by atoms with E-state index in [2.05, 4.69) is 29.5 Å². The summed E-state index contributed by atoms with van der Waals surface area (Å²) in [5.41, 5.74) is -2.54. The first-order valence-corrected chi connectivity index (χ1v) is 14.7. The van der Waals surface area contributed by atoms with Gasteiger partial charge in [-0.15, -0.1) is 11.3 Å². The first-order valence-electron chi connectivity index (χ1n) is 10.2. The van der Waals surface area contributed by atoms with E-state index in [0.29, 0.717) is 17.9 Å². The van der Waals surface area contributed by atoms with Crippen molar-refractivity contribution in [3.63, 3.8) is 0 Å². The van der Waals surface area contributed by atoms with Crippen LogP contribution in [0.3, 0.4) is 0 Å². The maximum absolute atomic E-state index is 13.7. The summed E-state index contributed by atoms with van der Waals surface area (Å²) in [5.74, 6) is -0.654. The summed E-state index contributed by atoms with van der Waals surface area (Å²) >= 11 is 1.24. The van der Waals surface area contributed by atoms with Crippen molar-refractivity contribution < 1.29 is 27.4 Å². The fourth-order valence-corrected chi connectivity index (χ4v) is 4.94. The molecule has 2 aromatic rings. The molecule has 0 aliphatic heterocycles. The summed E-state index contributed by atoms with van der Waals surface area (Å²) in [6.07, 6.45) is -3.23. The Labute approximate surface area is 191 Å². The van der Waals surface area contributed by atoms with Crippen molar-refractivity contribution in [2.24, 2.45) is 0 Å². The number of ether oxygens (including phenoxy) is 2. The first kappa shape index (κ1) is 26.3. The molecular weight excluding hydrogens is 460 g/mol. The van der Waals surface area contributed by atoms with Crippen LogP contribution in [0.15, 0.2) is 23.1 Å². The van der Waals surface area contributed by atoms with Crippen molar-refractivity contribution in [3.05, 3.63) is 44.0 Å². The van der Waals surface area contributed by atoms with E-state index >= 15 is 0 Å². The van der Waals surface area contributed by atoms with Gasteiger partial charge < -0.3 is 9.47 Å². The number of hydrogen-bond donors (Lipinski definition) is 0. The summed E-state index contributed by atoms with van der Waals surface area (Å²) in [6, 6.07) is 4.22. The van der Waals surface area contributed by atoms with Gasteiger partial charge in [0, 0.05) is 25.8 Å². The number of alkyl halides is 3. The second kappa shape index (κ2) is 10.8. The monoisotopic (exact) mass is 488 g/mol. The number of nitrogens with zero attached hydrogens (tertiary/aromatic N) is 2. The summed E-state index contributed by atoms with van der Waals surface area (Å²) in [4.78, 5) is 25.4. The van der Waals surface area contributed by atoms with E-state index < -0.39 is 31.3 Å². The Kier molecular flexibility index (Phi) is 8.89. The molecule has 12 heteroatoms. The third-order valence-corrected chi connectivity index (χ3v) is 7.57. The SMILES string of the molecule is COC(=O)c1ccc(CC(C)Bc2cnn(COCC[Si](C)(C)C)c(=O)c2C(F)(F)F)s1. The average Bonchev–Trinajstić information content (AvgIpc) is 3.12. The summed E-state index contributed by atoms with van der Waals surface area (Å²) in [7, 11) is -0.0393. The highest BCUT2D eigenvalue weighted by Gasteiger charge is 2.38. The molecule has 0 saturated heterocycles. The molecule has 1 unspecified atom stereocenters. The van der Waals surface area contributed by atoms with Gasteiger partial charge in [0.25, 0.3) is 5.56 Å². The second-order valence-corrected chi connectivity index (χ2v) is 15.8. The fourth-order valence-electron chi connectivity index (χ4n) is 3.09. The molecule has 0 aliphatic rings. The lowest BCUT2D eigenvalue weighted by molar-refractivity contribution is -0.138. The Bertz CT molecular complexity index is 988. The van der Waals surface area contributed by atoms with Gasteiger partial charge in [0.1, 0.15) is 17.2 Å². The number of carbonyl (C=O) groups is 1. The molecule has 32 heavy (non-hydrogen) atoms. The molecule has 1 atom stereocenters. The summed E-state index contributed by atoms with van der Waals surface area (Å²) in [5, 5.41) is 3.92. The highest BCUT2D eigenvalue weighted by atomic mass is 32.1. The lowest BCUT2D eigenvalue weighted by Gasteiger charge is -2.17. The molecule has 0 saturated carbocycles. The van der Waals surface area contributed by atoms with E-state index in [1.54, 1.807) is 19.1 Å². The number of rotatable bonds is 10. The zero-order valence-corrected chi connectivity index (χ0v) is 20.7. The van der Waals surface area contributed by atoms with Crippen molar-refractivity contribution >= 4 is 38.1 Å². The number of halogens is 3. The summed E-state index contributed by atoms with van der Waals surface area (Å²) in [6.45, 7) is 8.33. The van der Waals surface area contributed by atoms with Crippen LogP contribution in [-0.2, 0) is 28.8 Å². The predicted octanol–water partition coefficient (Wildman–Crippen LogP) is 3.54. The van der Waals surface area contributed by atoms with Gasteiger partial charge in [-0.05, 0) is 30.1 Å². The maximum Gasteiger partial charge on any atom is 0.421 e. The molecule has 6 nitrogen and oxygen atoms in total. The Morgan fingerprint density at radius 3 is 2.59 bits per heavy atom. The first-order chi connectivity index (χ1) is 14.8. The van der Waals surface area contributed by atoms with Crippen LogP contribution < -0.4 is 11.0 Å². The molecule has 0 aromatic carbocycles. The number of thiophene rings is 1. The normalized spacial score (nSPS) is 13.1. The minimum absolute atomic E-state index is 0.0276. The molecule has 0 fully saturated rings. The van der Waals surface area contributed by atoms with E-state index in [1.807, 2.05) is 0 Å². The lowest BCUT2D eigenvalue weighted by atomic mass is 9.58. The minimum atomic E-state index is -4.80. The standard InChI is InChI=1S/C20H28BF3N2O4SSi/c1-13(10-14-6-7-16(31-14)19(28)29-2)21-15-11-25-26(12-30-8-9-32(3,4)5)18(27)17(15)20(22,23)24/h6-7,11,13,21H,8-10,12H2,1-5H3. The summed E-state index contributed by atoms with van der Waals surface area (Å²) < 4.78 is 52.0. The smallest absolute Gasteiger partial charge is 0.421 e. The minimum Gasteiger partial charge on any atom is -0.465 e. The van der Waals surface area contributed by atoms with Gasteiger partial charge in [-0.1, -0.05) is 32.4 Å². The Hall–Kier alpha value is -1.92. The molecule has 2 heterocycles. The molecule has 0 bridgehead atoms. The number of hydrogen-bond acceptors (Lipinski definition) is 6. The molecule has 0 N–H and O–H groups in total. The van der Waals surface area contributed by atoms with E-state index in [0.717, 1.165) is 21.8 Å². The van der Waals surface area contributed by atoms with Crippen LogP contribution in [0.2, 0.25) is 31.5 Å². The van der Waals surface area contributed by atoms with E-state index in [9.17, 15) is 22.8 Å². The molecule has 0 amide bonds. The van der Waals surface area contributed by atoms with Gasteiger partial charge in [-0.2, -0.15) is 18.3 Å². The van der Waals surface area contributed by atoms with Crippen molar-refractivity contribution in [2.45, 2.75) is 57.8 Å². The average molecular weight is 488 g/mol. The zero-order valence-electron chi connectivity index (χ0n) is 18.9.